The smallest absolute Gasteiger partial charge is 0.320 e. The van der Waals surface area contributed by atoms with Crippen LogP contribution in [0.3, 0.4) is 0 Å². The summed E-state index contributed by atoms with van der Waals surface area (Å²) in [5, 5.41) is 9.71. The largest absolute Gasteiger partial charge is 0.480 e. The molecule has 0 aromatic heterocycles. The lowest BCUT2D eigenvalue weighted by molar-refractivity contribution is -0.145. The van der Waals surface area contributed by atoms with Crippen LogP contribution in [-0.4, -0.2) is 57.5 Å². The summed E-state index contributed by atoms with van der Waals surface area (Å²) in [5.74, 6) is 0.712. The Kier molecular flexibility index (Phi) is 5.27. The van der Waals surface area contributed by atoms with Gasteiger partial charge in [-0.15, -0.1) is 0 Å². The van der Waals surface area contributed by atoms with Crippen molar-refractivity contribution in [3.8, 4) is 0 Å². The van der Waals surface area contributed by atoms with E-state index in [1.807, 2.05) is 0 Å². The fourth-order valence-corrected chi connectivity index (χ4v) is 5.84. The number of carbonyl (C=O) groups excluding carboxylic acids is 1. The second-order valence-electron chi connectivity index (χ2n) is 9.32. The molecule has 4 fully saturated rings. The van der Waals surface area contributed by atoms with Gasteiger partial charge in [0.15, 0.2) is 0 Å². The number of hydrogen-bond donors (Lipinski definition) is 1. The molecule has 0 radical (unpaired) electrons. The Labute approximate surface area is 157 Å². The zero-order valence-corrected chi connectivity index (χ0v) is 16.1. The highest BCUT2D eigenvalue weighted by Crippen LogP contribution is 2.41. The molecule has 0 aromatic carbocycles. The van der Waals surface area contributed by atoms with Gasteiger partial charge in [0, 0.05) is 18.1 Å². The van der Waals surface area contributed by atoms with Gasteiger partial charge in [-0.1, -0.05) is 19.8 Å². The maximum Gasteiger partial charge on any atom is 0.320 e. The first-order chi connectivity index (χ1) is 12.5. The number of hydrogen-bond acceptors (Lipinski definition) is 3. The molecule has 0 bridgehead atoms. The Bertz CT molecular complexity index is 539. The molecule has 1 amide bonds. The molecule has 1 saturated heterocycles. The number of fused-ring (bicyclic) bond motifs is 1. The number of nitrogens with zero attached hydrogens (tertiary/aromatic N) is 2. The Morgan fingerprint density at radius 1 is 0.962 bits per heavy atom. The number of likely N-dealkylation sites (tertiary alicyclic amines) is 1. The van der Waals surface area contributed by atoms with Crippen LogP contribution in [0.15, 0.2) is 0 Å². The van der Waals surface area contributed by atoms with Gasteiger partial charge in [0.05, 0.1) is 6.54 Å². The second kappa shape index (κ2) is 7.49. The number of amides is 1. The minimum absolute atomic E-state index is 0.199. The molecule has 0 aromatic rings. The summed E-state index contributed by atoms with van der Waals surface area (Å²) < 4.78 is 0. The molecule has 5 nitrogen and oxygen atoms in total. The summed E-state index contributed by atoms with van der Waals surface area (Å²) in [6.07, 6.45) is 12.2. The Morgan fingerprint density at radius 2 is 1.58 bits per heavy atom. The molecule has 1 N–H and O–H groups in total. The summed E-state index contributed by atoms with van der Waals surface area (Å²) in [6, 6.07) is 0.661. The van der Waals surface area contributed by atoms with E-state index in [2.05, 4.69) is 16.7 Å². The van der Waals surface area contributed by atoms with E-state index < -0.39 is 12.0 Å². The molecule has 146 valence electrons. The Balaban J connectivity index is 1.46. The van der Waals surface area contributed by atoms with Crippen molar-refractivity contribution in [1.29, 1.82) is 0 Å². The van der Waals surface area contributed by atoms with Crippen molar-refractivity contribution in [1.82, 2.24) is 9.80 Å². The van der Waals surface area contributed by atoms with Crippen LogP contribution in [0.2, 0.25) is 0 Å². The third-order valence-corrected chi connectivity index (χ3v) is 7.43. The van der Waals surface area contributed by atoms with Crippen LogP contribution in [0, 0.1) is 11.8 Å². The zero-order chi connectivity index (χ0) is 18.3. The molecule has 3 unspecified atom stereocenters. The quantitative estimate of drug-likeness (QED) is 0.815. The first-order valence-electron chi connectivity index (χ1n) is 10.8. The molecule has 26 heavy (non-hydrogen) atoms. The molecule has 4 aliphatic rings. The number of carboxylic acids is 1. The van der Waals surface area contributed by atoms with Gasteiger partial charge < -0.3 is 10.0 Å². The van der Waals surface area contributed by atoms with E-state index in [9.17, 15) is 14.7 Å². The minimum atomic E-state index is -0.739. The number of carbonyl (C=O) groups is 2. The van der Waals surface area contributed by atoms with Crippen molar-refractivity contribution in [3.63, 3.8) is 0 Å². The van der Waals surface area contributed by atoms with E-state index in [-0.39, 0.29) is 5.91 Å². The van der Waals surface area contributed by atoms with Crippen molar-refractivity contribution in [3.05, 3.63) is 0 Å². The molecule has 1 aliphatic heterocycles. The van der Waals surface area contributed by atoms with Crippen LogP contribution >= 0.6 is 0 Å². The number of aliphatic carboxylic acids is 1. The standard InChI is InChI=1S/C21H34N2O3/c1-14-6-8-16(9-7-14)23(17-10-11-17)20(24)13-22-18-5-3-2-4-15(18)12-19(22)21(25)26/h14-19H,2-13H2,1H3,(H,25,26). The predicted octanol–water partition coefficient (Wildman–Crippen LogP) is 3.27. The number of rotatable bonds is 5. The first-order valence-corrected chi connectivity index (χ1v) is 10.8. The third-order valence-electron chi connectivity index (χ3n) is 7.43. The fourth-order valence-electron chi connectivity index (χ4n) is 5.84. The first kappa shape index (κ1) is 18.3. The normalized spacial score (nSPS) is 38.0. The zero-order valence-electron chi connectivity index (χ0n) is 16.1. The van der Waals surface area contributed by atoms with Crippen molar-refractivity contribution < 1.29 is 14.7 Å². The van der Waals surface area contributed by atoms with Crippen molar-refractivity contribution in [2.75, 3.05) is 6.54 Å². The van der Waals surface area contributed by atoms with Gasteiger partial charge in [0.1, 0.15) is 6.04 Å². The summed E-state index contributed by atoms with van der Waals surface area (Å²) in [4.78, 5) is 29.4. The molecule has 5 heteroatoms. The summed E-state index contributed by atoms with van der Waals surface area (Å²) in [7, 11) is 0. The van der Waals surface area contributed by atoms with Crippen molar-refractivity contribution in [2.45, 2.75) is 102 Å². The monoisotopic (exact) mass is 362 g/mol. The Hall–Kier alpha value is -1.10. The van der Waals surface area contributed by atoms with Crippen LogP contribution in [0.25, 0.3) is 0 Å². The van der Waals surface area contributed by atoms with E-state index in [1.54, 1.807) is 0 Å². The van der Waals surface area contributed by atoms with Gasteiger partial charge in [0.25, 0.3) is 0 Å². The third kappa shape index (κ3) is 3.64. The van der Waals surface area contributed by atoms with E-state index in [0.29, 0.717) is 30.6 Å². The van der Waals surface area contributed by atoms with E-state index >= 15 is 0 Å². The van der Waals surface area contributed by atoms with Gasteiger partial charge in [0.2, 0.25) is 5.91 Å². The molecular formula is C21H34N2O3. The topological polar surface area (TPSA) is 60.9 Å². The van der Waals surface area contributed by atoms with Crippen LogP contribution in [0.5, 0.6) is 0 Å². The van der Waals surface area contributed by atoms with Crippen LogP contribution in [0.1, 0.15) is 77.6 Å². The highest BCUT2D eigenvalue weighted by molar-refractivity contribution is 5.81. The van der Waals surface area contributed by atoms with Crippen LogP contribution < -0.4 is 0 Å². The summed E-state index contributed by atoms with van der Waals surface area (Å²) >= 11 is 0. The maximum absolute atomic E-state index is 13.3. The van der Waals surface area contributed by atoms with E-state index in [4.69, 9.17) is 0 Å². The molecule has 3 aliphatic carbocycles. The van der Waals surface area contributed by atoms with Crippen molar-refractivity contribution >= 4 is 11.9 Å². The van der Waals surface area contributed by atoms with E-state index in [0.717, 1.165) is 50.9 Å². The summed E-state index contributed by atoms with van der Waals surface area (Å²) in [5.41, 5.74) is 0. The highest BCUT2D eigenvalue weighted by atomic mass is 16.4. The number of carboxylic acid groups (broad SMARTS) is 1. The second-order valence-corrected chi connectivity index (χ2v) is 9.32. The predicted molar refractivity (Wildman–Crippen MR) is 99.8 cm³/mol. The average molecular weight is 363 g/mol. The minimum Gasteiger partial charge on any atom is -0.480 e. The molecule has 1 heterocycles. The van der Waals surface area contributed by atoms with Gasteiger partial charge in [-0.05, 0) is 69.6 Å². The van der Waals surface area contributed by atoms with Gasteiger partial charge in [-0.3, -0.25) is 14.5 Å². The molecule has 3 atom stereocenters. The highest BCUT2D eigenvalue weighted by Gasteiger charge is 2.47. The van der Waals surface area contributed by atoms with Gasteiger partial charge in [-0.25, -0.2) is 0 Å². The lowest BCUT2D eigenvalue weighted by Crippen LogP contribution is -2.52. The summed E-state index contributed by atoms with van der Waals surface area (Å²) in [6.45, 7) is 2.63. The van der Waals surface area contributed by atoms with Crippen molar-refractivity contribution in [2.24, 2.45) is 11.8 Å². The Morgan fingerprint density at radius 3 is 2.19 bits per heavy atom. The van der Waals surface area contributed by atoms with Gasteiger partial charge in [-0.2, -0.15) is 0 Å². The molecule has 3 saturated carbocycles. The van der Waals surface area contributed by atoms with Gasteiger partial charge >= 0.3 is 5.97 Å². The lowest BCUT2D eigenvalue weighted by atomic mass is 9.84. The SMILES string of the molecule is CC1CCC(N(C(=O)CN2C(C(=O)O)CC3CCCCC32)C2CC2)CC1. The van der Waals surface area contributed by atoms with Crippen LogP contribution in [-0.2, 0) is 9.59 Å². The maximum atomic E-state index is 13.3. The fraction of sp³-hybridized carbons (Fsp3) is 0.905. The van der Waals surface area contributed by atoms with Crippen LogP contribution in [0.4, 0.5) is 0 Å². The molecule has 0 spiro atoms. The molecule has 4 rings (SSSR count). The average Bonchev–Trinajstić information content (AvgIpc) is 3.38. The lowest BCUT2D eigenvalue weighted by Gasteiger charge is -2.39. The van der Waals surface area contributed by atoms with E-state index in [1.165, 1.54) is 25.7 Å². The molecular weight excluding hydrogens is 328 g/mol.